The van der Waals surface area contributed by atoms with Crippen molar-refractivity contribution in [1.29, 1.82) is 0 Å². The van der Waals surface area contributed by atoms with Crippen molar-refractivity contribution in [2.45, 2.75) is 6.04 Å². The van der Waals surface area contributed by atoms with Crippen LogP contribution in [0.2, 0.25) is 0 Å². The third kappa shape index (κ3) is 2.25. The zero-order valence-corrected chi connectivity index (χ0v) is 6.66. The Morgan fingerprint density at radius 3 is 2.15 bits per heavy atom. The Labute approximate surface area is 74.4 Å². The number of hydrogen-bond donors (Lipinski definition) is 3. The van der Waals surface area contributed by atoms with Gasteiger partial charge in [0.05, 0.1) is 0 Å². The van der Waals surface area contributed by atoms with E-state index in [2.05, 4.69) is 0 Å². The van der Waals surface area contributed by atoms with Crippen molar-refractivity contribution < 1.29 is 20.3 Å². The van der Waals surface area contributed by atoms with Gasteiger partial charge in [0.2, 0.25) is 0 Å². The molecule has 13 heavy (non-hydrogen) atoms. The van der Waals surface area contributed by atoms with Crippen LogP contribution in [-0.2, 0) is 4.79 Å². The van der Waals surface area contributed by atoms with Gasteiger partial charge >= 0.3 is 5.97 Å². The second-order valence-corrected chi connectivity index (χ2v) is 2.47. The van der Waals surface area contributed by atoms with Crippen LogP contribution in [0.3, 0.4) is 0 Å². The van der Waals surface area contributed by atoms with Crippen molar-refractivity contribution >= 4 is 5.97 Å². The zero-order valence-electron chi connectivity index (χ0n) is 6.66. The van der Waals surface area contributed by atoms with Gasteiger partial charge < -0.3 is 5.11 Å². The van der Waals surface area contributed by atoms with Crippen LogP contribution in [0.25, 0.3) is 0 Å². The summed E-state index contributed by atoms with van der Waals surface area (Å²) in [6.45, 7) is 0. The first-order valence-electron chi connectivity index (χ1n) is 3.57. The van der Waals surface area contributed by atoms with Crippen molar-refractivity contribution in [2.24, 2.45) is 0 Å². The van der Waals surface area contributed by atoms with E-state index >= 15 is 0 Å². The molecule has 5 nitrogen and oxygen atoms in total. The molecule has 1 rings (SSSR count). The fourth-order valence-corrected chi connectivity index (χ4v) is 1.01. The molecule has 0 saturated carbocycles. The highest BCUT2D eigenvalue weighted by Gasteiger charge is 2.24. The van der Waals surface area contributed by atoms with Crippen LogP contribution in [0.5, 0.6) is 0 Å². The van der Waals surface area contributed by atoms with Crippen molar-refractivity contribution in [1.82, 2.24) is 5.23 Å². The topological polar surface area (TPSA) is 81.0 Å². The molecule has 1 aromatic carbocycles. The summed E-state index contributed by atoms with van der Waals surface area (Å²) in [7, 11) is 0. The predicted molar refractivity (Wildman–Crippen MR) is 42.2 cm³/mol. The van der Waals surface area contributed by atoms with Crippen molar-refractivity contribution in [3.8, 4) is 0 Å². The third-order valence-electron chi connectivity index (χ3n) is 1.58. The molecular formula is C8H9NO4. The number of hydroxylamine groups is 2. The molecule has 5 heteroatoms. The Balaban J connectivity index is 2.96. The fraction of sp³-hybridized carbons (Fsp3) is 0.125. The van der Waals surface area contributed by atoms with E-state index in [1.54, 1.807) is 18.2 Å². The average molecular weight is 183 g/mol. The molecule has 0 amide bonds. The van der Waals surface area contributed by atoms with Gasteiger partial charge in [-0.05, 0) is 5.56 Å². The Bertz CT molecular complexity index is 285. The number of rotatable bonds is 3. The molecule has 3 N–H and O–H groups in total. The van der Waals surface area contributed by atoms with Gasteiger partial charge in [0.25, 0.3) is 0 Å². The van der Waals surface area contributed by atoms with E-state index in [1.807, 2.05) is 0 Å². The first kappa shape index (κ1) is 9.66. The minimum atomic E-state index is -1.44. The maximum atomic E-state index is 10.6. The van der Waals surface area contributed by atoms with Gasteiger partial charge in [-0.1, -0.05) is 35.6 Å². The standard InChI is InChI=1S/C8H9NO4/c10-8(11)7(9(12)13)6-4-2-1-3-5-6/h1-5,7,12-13H,(H,10,11)/t7-/m0/s1. The van der Waals surface area contributed by atoms with E-state index in [1.165, 1.54) is 12.1 Å². The largest absolute Gasteiger partial charge is 0.480 e. The molecule has 0 heterocycles. The normalized spacial score (nSPS) is 12.8. The molecule has 0 aliphatic rings. The first-order valence-corrected chi connectivity index (χ1v) is 3.57. The molecule has 1 atom stereocenters. The molecule has 0 aliphatic heterocycles. The summed E-state index contributed by atoms with van der Waals surface area (Å²) in [5.41, 5.74) is 0.306. The van der Waals surface area contributed by atoms with E-state index in [-0.39, 0.29) is 5.23 Å². The summed E-state index contributed by atoms with van der Waals surface area (Å²) < 4.78 is 0. The van der Waals surface area contributed by atoms with Crippen LogP contribution in [0.15, 0.2) is 30.3 Å². The molecule has 0 aromatic heterocycles. The Kier molecular flexibility index (Phi) is 2.97. The first-order chi connectivity index (χ1) is 6.13. The van der Waals surface area contributed by atoms with Crippen LogP contribution in [-0.4, -0.2) is 26.7 Å². The van der Waals surface area contributed by atoms with Gasteiger partial charge in [0.15, 0.2) is 6.04 Å². The lowest BCUT2D eigenvalue weighted by Crippen LogP contribution is -2.28. The second-order valence-electron chi connectivity index (χ2n) is 2.47. The van der Waals surface area contributed by atoms with Crippen molar-refractivity contribution in [3.63, 3.8) is 0 Å². The van der Waals surface area contributed by atoms with E-state index in [0.29, 0.717) is 5.56 Å². The highest BCUT2D eigenvalue weighted by atomic mass is 16.8. The van der Waals surface area contributed by atoms with Gasteiger partial charge in [0.1, 0.15) is 0 Å². The minimum absolute atomic E-state index is 0.306. The Morgan fingerprint density at radius 2 is 1.77 bits per heavy atom. The lowest BCUT2D eigenvalue weighted by molar-refractivity contribution is -0.329. The highest BCUT2D eigenvalue weighted by Crippen LogP contribution is 2.16. The molecule has 0 spiro atoms. The van der Waals surface area contributed by atoms with Gasteiger partial charge in [-0.2, -0.15) is 0 Å². The summed E-state index contributed by atoms with van der Waals surface area (Å²) in [6, 6.07) is 6.50. The lowest BCUT2D eigenvalue weighted by Gasteiger charge is -2.15. The molecule has 0 saturated heterocycles. The number of benzene rings is 1. The molecular weight excluding hydrogens is 174 g/mol. The number of carboxylic acids is 1. The molecule has 0 fully saturated rings. The van der Waals surface area contributed by atoms with E-state index in [4.69, 9.17) is 15.5 Å². The van der Waals surface area contributed by atoms with Crippen molar-refractivity contribution in [3.05, 3.63) is 35.9 Å². The van der Waals surface area contributed by atoms with E-state index in [0.717, 1.165) is 0 Å². The van der Waals surface area contributed by atoms with E-state index in [9.17, 15) is 4.79 Å². The van der Waals surface area contributed by atoms with Crippen LogP contribution in [0, 0.1) is 0 Å². The van der Waals surface area contributed by atoms with Crippen LogP contribution < -0.4 is 0 Å². The predicted octanol–water partition coefficient (Wildman–Crippen LogP) is 0.893. The molecule has 0 bridgehead atoms. The number of carbonyl (C=O) groups is 1. The smallest absolute Gasteiger partial charge is 0.330 e. The van der Waals surface area contributed by atoms with Crippen LogP contribution >= 0.6 is 0 Å². The van der Waals surface area contributed by atoms with Crippen molar-refractivity contribution in [2.75, 3.05) is 0 Å². The summed E-state index contributed by atoms with van der Waals surface area (Å²) >= 11 is 0. The fourth-order valence-electron chi connectivity index (χ4n) is 1.01. The van der Waals surface area contributed by atoms with Gasteiger partial charge in [0, 0.05) is 0 Å². The van der Waals surface area contributed by atoms with Gasteiger partial charge in [-0.3, -0.25) is 10.4 Å². The summed E-state index contributed by atoms with van der Waals surface area (Å²) in [6.07, 6.45) is 0. The molecule has 70 valence electrons. The SMILES string of the molecule is O=C(O)[C@H](c1ccccc1)N(O)O. The number of nitrogens with zero attached hydrogens (tertiary/aromatic N) is 1. The number of carboxylic acid groups (broad SMARTS) is 1. The summed E-state index contributed by atoms with van der Waals surface area (Å²) in [4.78, 5) is 10.6. The molecule has 1 aromatic rings. The maximum absolute atomic E-state index is 10.6. The number of aliphatic carboxylic acids is 1. The Hall–Kier alpha value is -1.43. The minimum Gasteiger partial charge on any atom is -0.480 e. The molecule has 0 unspecified atom stereocenters. The van der Waals surface area contributed by atoms with Crippen LogP contribution in [0.4, 0.5) is 0 Å². The molecule has 0 radical (unpaired) electrons. The zero-order chi connectivity index (χ0) is 9.84. The number of hydrogen-bond acceptors (Lipinski definition) is 4. The Morgan fingerprint density at radius 1 is 1.23 bits per heavy atom. The monoisotopic (exact) mass is 183 g/mol. The highest BCUT2D eigenvalue weighted by molar-refractivity contribution is 5.75. The lowest BCUT2D eigenvalue weighted by atomic mass is 10.1. The third-order valence-corrected chi connectivity index (χ3v) is 1.58. The molecule has 0 aliphatic carbocycles. The second kappa shape index (κ2) is 3.99. The summed E-state index contributed by atoms with van der Waals surface area (Å²) in [5.74, 6) is -1.32. The van der Waals surface area contributed by atoms with Gasteiger partial charge in [-0.25, -0.2) is 4.79 Å². The maximum Gasteiger partial charge on any atom is 0.330 e. The van der Waals surface area contributed by atoms with Crippen LogP contribution in [0.1, 0.15) is 11.6 Å². The van der Waals surface area contributed by atoms with Gasteiger partial charge in [-0.15, -0.1) is 0 Å². The average Bonchev–Trinajstić information content (AvgIpc) is 2.04. The quantitative estimate of drug-likeness (QED) is 0.606. The summed E-state index contributed by atoms with van der Waals surface area (Å²) in [5, 5.41) is 25.6. The van der Waals surface area contributed by atoms with E-state index < -0.39 is 12.0 Å².